The molecule has 2 aromatic carbocycles. The predicted octanol–water partition coefficient (Wildman–Crippen LogP) is 2.32. The van der Waals surface area contributed by atoms with E-state index in [2.05, 4.69) is 11.8 Å². The lowest BCUT2D eigenvalue weighted by Gasteiger charge is -2.02. The second-order valence-corrected chi connectivity index (χ2v) is 3.78. The molecule has 4 N–H and O–H groups in total. The lowest BCUT2D eigenvalue weighted by Crippen LogP contribution is -2.06. The van der Waals surface area contributed by atoms with Crippen LogP contribution in [0.3, 0.4) is 0 Å². The van der Waals surface area contributed by atoms with Crippen LogP contribution in [0.1, 0.15) is 17.2 Å². The lowest BCUT2D eigenvalue weighted by molar-refractivity contribution is 0.945. The van der Waals surface area contributed by atoms with Gasteiger partial charge in [-0.2, -0.15) is 0 Å². The van der Waals surface area contributed by atoms with Gasteiger partial charge in [0.1, 0.15) is 0 Å². The van der Waals surface area contributed by atoms with Gasteiger partial charge in [0.15, 0.2) is 0 Å². The molecule has 84 valence electrons. The van der Waals surface area contributed by atoms with Crippen LogP contribution < -0.4 is 11.5 Å². The number of nitrogen functional groups attached to an aromatic ring is 1. The number of nitrogens with two attached hydrogens (primary N) is 2. The molecule has 0 fully saturated rings. The molecule has 1 unspecified atom stereocenters. The first-order valence-corrected chi connectivity index (χ1v) is 5.43. The van der Waals surface area contributed by atoms with E-state index in [9.17, 15) is 0 Å². The molecule has 2 nitrogen and oxygen atoms in total. The van der Waals surface area contributed by atoms with E-state index in [1.165, 1.54) is 0 Å². The summed E-state index contributed by atoms with van der Waals surface area (Å²) in [5.41, 5.74) is 14.3. The van der Waals surface area contributed by atoms with Gasteiger partial charge < -0.3 is 11.5 Å². The van der Waals surface area contributed by atoms with Gasteiger partial charge in [0.25, 0.3) is 0 Å². The highest BCUT2D eigenvalue weighted by atomic mass is 14.6. The molecule has 0 aliphatic rings. The molecule has 2 aromatic rings. The maximum absolute atomic E-state index is 5.97. The first-order chi connectivity index (χ1) is 8.25. The molecular weight excluding hydrogens is 208 g/mol. The first kappa shape index (κ1) is 11.3. The zero-order chi connectivity index (χ0) is 12.1. The summed E-state index contributed by atoms with van der Waals surface area (Å²) in [6, 6.07) is 17.0. The SMILES string of the molecule is Nc1ccc(C#CC(N)c2ccccc2)cc1. The molecule has 0 radical (unpaired) electrons. The first-order valence-electron chi connectivity index (χ1n) is 5.43. The van der Waals surface area contributed by atoms with E-state index >= 15 is 0 Å². The summed E-state index contributed by atoms with van der Waals surface area (Å²) >= 11 is 0. The van der Waals surface area contributed by atoms with Gasteiger partial charge in [0.05, 0.1) is 6.04 Å². The Bertz CT molecular complexity index is 533. The summed E-state index contributed by atoms with van der Waals surface area (Å²) in [6.45, 7) is 0. The minimum absolute atomic E-state index is 0.256. The fraction of sp³-hybridized carbons (Fsp3) is 0.0667. The fourth-order valence-corrected chi connectivity index (χ4v) is 1.47. The monoisotopic (exact) mass is 222 g/mol. The Morgan fingerprint density at radius 1 is 0.882 bits per heavy atom. The molecule has 0 aliphatic carbocycles. The van der Waals surface area contributed by atoms with Crippen LogP contribution >= 0.6 is 0 Å². The zero-order valence-electron chi connectivity index (χ0n) is 9.43. The Labute approximate surface area is 101 Å². The van der Waals surface area contributed by atoms with Crippen LogP contribution in [0.2, 0.25) is 0 Å². The second-order valence-electron chi connectivity index (χ2n) is 3.78. The molecule has 0 saturated heterocycles. The molecule has 2 heteroatoms. The molecule has 0 saturated carbocycles. The third kappa shape index (κ3) is 3.10. The van der Waals surface area contributed by atoms with Gasteiger partial charge in [-0.25, -0.2) is 0 Å². The highest BCUT2D eigenvalue weighted by Gasteiger charge is 1.99. The Morgan fingerprint density at radius 3 is 2.18 bits per heavy atom. The van der Waals surface area contributed by atoms with Crippen molar-refractivity contribution in [2.24, 2.45) is 5.73 Å². The molecule has 0 aliphatic heterocycles. The topological polar surface area (TPSA) is 52.0 Å². The number of benzene rings is 2. The van der Waals surface area contributed by atoms with Crippen LogP contribution in [0.15, 0.2) is 54.6 Å². The molecule has 0 amide bonds. The van der Waals surface area contributed by atoms with E-state index < -0.39 is 0 Å². The van der Waals surface area contributed by atoms with Crippen molar-refractivity contribution < 1.29 is 0 Å². The van der Waals surface area contributed by atoms with Crippen LogP contribution in [0.4, 0.5) is 5.69 Å². The van der Waals surface area contributed by atoms with Gasteiger partial charge in [-0.05, 0) is 29.8 Å². The normalized spacial score (nSPS) is 11.4. The average Bonchev–Trinajstić information content (AvgIpc) is 2.39. The number of anilines is 1. The molecule has 0 heterocycles. The largest absolute Gasteiger partial charge is 0.399 e. The van der Waals surface area contributed by atoms with Gasteiger partial charge in [-0.1, -0.05) is 42.2 Å². The van der Waals surface area contributed by atoms with Crippen LogP contribution in [0.5, 0.6) is 0 Å². The summed E-state index contributed by atoms with van der Waals surface area (Å²) < 4.78 is 0. The van der Waals surface area contributed by atoms with E-state index in [0.717, 1.165) is 16.8 Å². The minimum Gasteiger partial charge on any atom is -0.399 e. The van der Waals surface area contributed by atoms with Crippen molar-refractivity contribution in [2.45, 2.75) is 6.04 Å². The maximum atomic E-state index is 5.97. The Hall–Kier alpha value is -2.24. The molecular formula is C15H14N2. The lowest BCUT2D eigenvalue weighted by atomic mass is 10.1. The number of rotatable bonds is 1. The zero-order valence-corrected chi connectivity index (χ0v) is 9.43. The van der Waals surface area contributed by atoms with Crippen molar-refractivity contribution in [1.29, 1.82) is 0 Å². The standard InChI is InChI=1S/C15H14N2/c16-14-9-6-12(7-10-14)8-11-15(17)13-4-2-1-3-5-13/h1-7,9-10,15H,16-17H2. The van der Waals surface area contributed by atoms with Gasteiger partial charge in [-0.15, -0.1) is 0 Å². The highest BCUT2D eigenvalue weighted by molar-refractivity contribution is 5.45. The summed E-state index contributed by atoms with van der Waals surface area (Å²) in [5, 5.41) is 0. The van der Waals surface area contributed by atoms with Gasteiger partial charge >= 0.3 is 0 Å². The van der Waals surface area contributed by atoms with Crippen molar-refractivity contribution in [3.05, 3.63) is 65.7 Å². The van der Waals surface area contributed by atoms with E-state index in [1.807, 2.05) is 54.6 Å². The van der Waals surface area contributed by atoms with Crippen LogP contribution in [0, 0.1) is 11.8 Å². The van der Waals surface area contributed by atoms with Crippen molar-refractivity contribution in [2.75, 3.05) is 5.73 Å². The van der Waals surface area contributed by atoms with Gasteiger partial charge in [-0.3, -0.25) is 0 Å². The van der Waals surface area contributed by atoms with Crippen LogP contribution in [-0.2, 0) is 0 Å². The van der Waals surface area contributed by atoms with Crippen molar-refractivity contribution in [3.63, 3.8) is 0 Å². The van der Waals surface area contributed by atoms with Crippen molar-refractivity contribution in [1.82, 2.24) is 0 Å². The fourth-order valence-electron chi connectivity index (χ4n) is 1.47. The Balaban J connectivity index is 2.14. The van der Waals surface area contributed by atoms with Gasteiger partial charge in [0, 0.05) is 11.3 Å². The summed E-state index contributed by atoms with van der Waals surface area (Å²) in [5.74, 6) is 6.06. The average molecular weight is 222 g/mol. The second kappa shape index (κ2) is 5.20. The van der Waals surface area contributed by atoms with E-state index in [0.29, 0.717) is 0 Å². The van der Waals surface area contributed by atoms with E-state index in [-0.39, 0.29) is 6.04 Å². The van der Waals surface area contributed by atoms with Crippen LogP contribution in [0.25, 0.3) is 0 Å². The third-order valence-corrected chi connectivity index (χ3v) is 2.44. The molecule has 0 spiro atoms. The Morgan fingerprint density at radius 2 is 1.53 bits per heavy atom. The summed E-state index contributed by atoms with van der Waals surface area (Å²) in [6.07, 6.45) is 0. The summed E-state index contributed by atoms with van der Waals surface area (Å²) in [4.78, 5) is 0. The molecule has 1 atom stereocenters. The third-order valence-electron chi connectivity index (χ3n) is 2.44. The molecule has 2 rings (SSSR count). The minimum atomic E-state index is -0.256. The highest BCUT2D eigenvalue weighted by Crippen LogP contribution is 2.09. The molecule has 0 aromatic heterocycles. The predicted molar refractivity (Wildman–Crippen MR) is 71.1 cm³/mol. The maximum Gasteiger partial charge on any atom is 0.0924 e. The van der Waals surface area contributed by atoms with E-state index in [1.54, 1.807) is 0 Å². The molecule has 0 bridgehead atoms. The van der Waals surface area contributed by atoms with E-state index in [4.69, 9.17) is 11.5 Å². The Kier molecular flexibility index (Phi) is 3.44. The van der Waals surface area contributed by atoms with Crippen molar-refractivity contribution >= 4 is 5.69 Å². The smallest absolute Gasteiger partial charge is 0.0924 e. The van der Waals surface area contributed by atoms with Crippen LogP contribution in [-0.4, -0.2) is 0 Å². The molecule has 17 heavy (non-hydrogen) atoms. The summed E-state index contributed by atoms with van der Waals surface area (Å²) in [7, 11) is 0. The quantitative estimate of drug-likeness (QED) is 0.574. The number of hydrogen-bond donors (Lipinski definition) is 2. The van der Waals surface area contributed by atoms with Crippen molar-refractivity contribution in [3.8, 4) is 11.8 Å². The number of hydrogen-bond acceptors (Lipinski definition) is 2. The van der Waals surface area contributed by atoms with Gasteiger partial charge in [0.2, 0.25) is 0 Å².